The largest absolute Gasteiger partial charge is 0.466 e. The van der Waals surface area contributed by atoms with Crippen LogP contribution in [0.25, 0.3) is 0 Å². The van der Waals surface area contributed by atoms with Crippen molar-refractivity contribution in [2.24, 2.45) is 5.92 Å². The Balaban J connectivity index is 1.67. The van der Waals surface area contributed by atoms with Crippen LogP contribution in [0.15, 0.2) is 29.6 Å². The number of rotatable bonds is 7. The minimum absolute atomic E-state index is 0.0310. The molecule has 1 fully saturated rings. The molecule has 1 aromatic heterocycles. The van der Waals surface area contributed by atoms with E-state index in [0.29, 0.717) is 11.7 Å². The Morgan fingerprint density at radius 1 is 1.24 bits per heavy atom. The first-order valence-corrected chi connectivity index (χ1v) is 11.2. The number of nitrogens with one attached hydrogen (secondary N) is 1. The number of likely N-dealkylation sites (tertiary alicyclic amines) is 1. The summed E-state index contributed by atoms with van der Waals surface area (Å²) < 4.78 is 5.15. The normalized spacial score (nSPS) is 19.0. The Morgan fingerprint density at radius 3 is 2.62 bits per heavy atom. The van der Waals surface area contributed by atoms with Gasteiger partial charge in [0.2, 0.25) is 5.91 Å². The summed E-state index contributed by atoms with van der Waals surface area (Å²) in [6.07, 6.45) is 2.57. The van der Waals surface area contributed by atoms with Crippen LogP contribution in [0.2, 0.25) is 0 Å². The number of hydrogen-bond acceptors (Lipinski definition) is 5. The fraction of sp³-hybridized carbons (Fsp3) is 0.500. The van der Waals surface area contributed by atoms with Gasteiger partial charge >= 0.3 is 5.97 Å². The van der Waals surface area contributed by atoms with E-state index in [9.17, 15) is 9.59 Å². The fourth-order valence-corrected chi connectivity index (χ4v) is 4.75. The van der Waals surface area contributed by atoms with Gasteiger partial charge in [0.1, 0.15) is 12.2 Å². The van der Waals surface area contributed by atoms with E-state index in [0.717, 1.165) is 55.8 Å². The van der Waals surface area contributed by atoms with E-state index in [2.05, 4.69) is 13.0 Å². The topological polar surface area (TPSA) is 63.9 Å². The number of quaternary nitrogens is 1. The maximum absolute atomic E-state index is 12.4. The summed E-state index contributed by atoms with van der Waals surface area (Å²) in [5, 5.41) is 2.76. The zero-order chi connectivity index (χ0) is 20.8. The summed E-state index contributed by atoms with van der Waals surface area (Å²) in [4.78, 5) is 32.2. The van der Waals surface area contributed by atoms with Gasteiger partial charge in [-0.25, -0.2) is 4.98 Å². The average Bonchev–Trinajstić information content (AvgIpc) is 3.16. The number of carbonyl (C=O) groups excluding carboxylic acids is 2. The molecule has 1 saturated heterocycles. The van der Waals surface area contributed by atoms with Crippen molar-refractivity contribution < 1.29 is 19.2 Å². The highest BCUT2D eigenvalue weighted by atomic mass is 32.1. The SMILES string of the molecule is CCOC(=O)C1CC[NH+](Cc2csc(N(C(C)=O)c3ccccc3CC)n2)CC1. The van der Waals surface area contributed by atoms with Crippen molar-refractivity contribution in [2.75, 3.05) is 24.6 Å². The zero-order valence-corrected chi connectivity index (χ0v) is 18.3. The monoisotopic (exact) mass is 416 g/mol. The summed E-state index contributed by atoms with van der Waals surface area (Å²) in [5.74, 6) is -0.0629. The molecule has 1 aliphatic rings. The molecule has 6 nitrogen and oxygen atoms in total. The number of aromatic nitrogens is 1. The number of hydrogen-bond donors (Lipinski definition) is 1. The Kier molecular flexibility index (Phi) is 7.39. The van der Waals surface area contributed by atoms with Gasteiger partial charge < -0.3 is 9.64 Å². The molecule has 156 valence electrons. The first-order valence-electron chi connectivity index (χ1n) is 10.4. The number of carbonyl (C=O) groups is 2. The van der Waals surface area contributed by atoms with Crippen LogP contribution in [0, 0.1) is 5.92 Å². The average molecular weight is 417 g/mol. The van der Waals surface area contributed by atoms with Crippen LogP contribution in [-0.2, 0) is 27.3 Å². The van der Waals surface area contributed by atoms with E-state index in [1.807, 2.05) is 30.5 Å². The molecule has 1 amide bonds. The van der Waals surface area contributed by atoms with Gasteiger partial charge in [-0.1, -0.05) is 25.1 Å². The van der Waals surface area contributed by atoms with Crippen LogP contribution in [0.4, 0.5) is 10.8 Å². The molecule has 2 heterocycles. The van der Waals surface area contributed by atoms with E-state index < -0.39 is 0 Å². The molecule has 1 aromatic carbocycles. The highest BCUT2D eigenvalue weighted by molar-refractivity contribution is 7.14. The third-order valence-corrected chi connectivity index (χ3v) is 6.28. The predicted octanol–water partition coefficient (Wildman–Crippen LogP) is 2.75. The van der Waals surface area contributed by atoms with Crippen molar-refractivity contribution in [3.05, 3.63) is 40.9 Å². The predicted molar refractivity (Wildman–Crippen MR) is 115 cm³/mol. The standard InChI is InChI=1S/C22H29N3O3S/c1-4-17-8-6-7-9-20(17)25(16(3)26)22-23-19(15-29-22)14-24-12-10-18(11-13-24)21(27)28-5-2/h6-9,15,18H,4-5,10-14H2,1-3H3/p+1. The summed E-state index contributed by atoms with van der Waals surface area (Å²) >= 11 is 1.51. The molecule has 0 aliphatic carbocycles. The third-order valence-electron chi connectivity index (χ3n) is 5.40. The van der Waals surface area contributed by atoms with Crippen molar-refractivity contribution in [3.63, 3.8) is 0 Å². The number of piperidine rings is 1. The molecular weight excluding hydrogens is 386 g/mol. The van der Waals surface area contributed by atoms with Gasteiger partial charge in [-0.2, -0.15) is 0 Å². The molecular formula is C22H30N3O3S+. The van der Waals surface area contributed by atoms with E-state index in [1.54, 1.807) is 11.8 Å². The number of esters is 1. The number of nitrogens with zero attached hydrogens (tertiary/aromatic N) is 2. The molecule has 2 aromatic rings. The molecule has 1 N–H and O–H groups in total. The van der Waals surface area contributed by atoms with E-state index in [1.165, 1.54) is 16.2 Å². The van der Waals surface area contributed by atoms with Gasteiger partial charge in [0.15, 0.2) is 5.13 Å². The fourth-order valence-electron chi connectivity index (χ4n) is 3.87. The van der Waals surface area contributed by atoms with Gasteiger partial charge in [-0.15, -0.1) is 11.3 Å². The molecule has 0 radical (unpaired) electrons. The Morgan fingerprint density at radius 2 is 1.97 bits per heavy atom. The lowest BCUT2D eigenvalue weighted by Crippen LogP contribution is -3.11. The van der Waals surface area contributed by atoms with Crippen molar-refractivity contribution in [3.8, 4) is 0 Å². The summed E-state index contributed by atoms with van der Waals surface area (Å²) in [6, 6.07) is 7.98. The Labute approximate surface area is 176 Å². The maximum atomic E-state index is 12.4. The van der Waals surface area contributed by atoms with Gasteiger partial charge in [0, 0.05) is 25.1 Å². The molecule has 0 bridgehead atoms. The van der Waals surface area contributed by atoms with E-state index in [4.69, 9.17) is 9.72 Å². The maximum Gasteiger partial charge on any atom is 0.309 e. The number of anilines is 2. The molecule has 0 spiro atoms. The molecule has 29 heavy (non-hydrogen) atoms. The molecule has 0 atom stereocenters. The summed E-state index contributed by atoms with van der Waals surface area (Å²) in [6.45, 7) is 8.65. The molecule has 3 rings (SSSR count). The van der Waals surface area contributed by atoms with Crippen LogP contribution in [0.1, 0.15) is 44.9 Å². The summed E-state index contributed by atoms with van der Waals surface area (Å²) in [5.41, 5.74) is 3.03. The molecule has 0 unspecified atom stereocenters. The van der Waals surface area contributed by atoms with E-state index >= 15 is 0 Å². The van der Waals surface area contributed by atoms with Gasteiger partial charge in [-0.05, 0) is 25.0 Å². The zero-order valence-electron chi connectivity index (χ0n) is 17.4. The van der Waals surface area contributed by atoms with Gasteiger partial charge in [-0.3, -0.25) is 14.5 Å². The number of aryl methyl sites for hydroxylation is 1. The van der Waals surface area contributed by atoms with Gasteiger partial charge in [0.05, 0.1) is 31.3 Å². The van der Waals surface area contributed by atoms with Crippen LogP contribution in [0.3, 0.4) is 0 Å². The highest BCUT2D eigenvalue weighted by Crippen LogP contribution is 2.31. The second-order valence-corrected chi connectivity index (χ2v) is 8.25. The minimum atomic E-state index is -0.0609. The Bertz CT molecular complexity index is 843. The van der Waals surface area contributed by atoms with Gasteiger partial charge in [0.25, 0.3) is 0 Å². The smallest absolute Gasteiger partial charge is 0.309 e. The first kappa shape index (κ1) is 21.5. The van der Waals surface area contributed by atoms with Crippen LogP contribution in [0.5, 0.6) is 0 Å². The summed E-state index contributed by atoms with van der Waals surface area (Å²) in [7, 11) is 0. The quantitative estimate of drug-likeness (QED) is 0.705. The van der Waals surface area contributed by atoms with Crippen molar-refractivity contribution in [1.29, 1.82) is 0 Å². The molecule has 1 aliphatic heterocycles. The highest BCUT2D eigenvalue weighted by Gasteiger charge is 2.29. The van der Waals surface area contributed by atoms with E-state index in [-0.39, 0.29) is 17.8 Å². The first-order chi connectivity index (χ1) is 14.0. The Hall–Kier alpha value is -2.25. The molecule has 0 saturated carbocycles. The van der Waals surface area contributed by atoms with Crippen molar-refractivity contribution >= 4 is 34.0 Å². The molecule has 7 heteroatoms. The number of thiazole rings is 1. The van der Waals surface area contributed by atoms with Crippen molar-refractivity contribution in [1.82, 2.24) is 4.98 Å². The van der Waals surface area contributed by atoms with Crippen LogP contribution < -0.4 is 9.80 Å². The number of benzene rings is 1. The lowest BCUT2D eigenvalue weighted by molar-refractivity contribution is -0.919. The van der Waals surface area contributed by atoms with Crippen LogP contribution >= 0.6 is 11.3 Å². The lowest BCUT2D eigenvalue weighted by Gasteiger charge is -2.27. The third kappa shape index (κ3) is 5.22. The van der Waals surface area contributed by atoms with Crippen molar-refractivity contribution in [2.45, 2.75) is 46.6 Å². The van der Waals surface area contributed by atoms with Crippen LogP contribution in [-0.4, -0.2) is 36.6 Å². The number of ether oxygens (including phenoxy) is 1. The lowest BCUT2D eigenvalue weighted by atomic mass is 9.97. The number of para-hydroxylation sites is 1. The minimum Gasteiger partial charge on any atom is -0.466 e. The second kappa shape index (κ2) is 9.98. The second-order valence-electron chi connectivity index (χ2n) is 7.41. The number of amides is 1.